The number of nitrogens with zero attached hydrogens (tertiary/aromatic N) is 1. The van der Waals surface area contributed by atoms with E-state index in [1.54, 1.807) is 17.4 Å². The first kappa shape index (κ1) is 15.2. The van der Waals surface area contributed by atoms with Crippen molar-refractivity contribution >= 4 is 51.1 Å². The van der Waals surface area contributed by atoms with E-state index in [4.69, 9.17) is 0 Å². The van der Waals surface area contributed by atoms with E-state index in [-0.39, 0.29) is 11.1 Å². The number of imide groups is 1. The highest BCUT2D eigenvalue weighted by Gasteiger charge is 2.35. The van der Waals surface area contributed by atoms with Crippen LogP contribution in [0.1, 0.15) is 10.4 Å². The molecule has 4 rings (SSSR count). The van der Waals surface area contributed by atoms with E-state index in [2.05, 4.69) is 0 Å². The number of hydrogen-bond donors (Lipinski definition) is 0. The van der Waals surface area contributed by atoms with E-state index in [1.807, 2.05) is 60.0 Å². The second kappa shape index (κ2) is 6.26. The van der Waals surface area contributed by atoms with Crippen LogP contribution in [-0.2, 0) is 11.3 Å². The first-order chi connectivity index (χ1) is 11.7. The molecule has 118 valence electrons. The molecule has 0 radical (unpaired) electrons. The molecule has 2 amide bonds. The largest absolute Gasteiger partial charge is 0.293 e. The molecule has 1 aliphatic rings. The molecule has 1 aliphatic heterocycles. The van der Waals surface area contributed by atoms with Crippen LogP contribution in [0.2, 0.25) is 0 Å². The Labute approximate surface area is 147 Å². The zero-order valence-corrected chi connectivity index (χ0v) is 14.3. The van der Waals surface area contributed by atoms with E-state index < -0.39 is 0 Å². The molecule has 0 saturated carbocycles. The van der Waals surface area contributed by atoms with Gasteiger partial charge in [-0.3, -0.25) is 14.5 Å². The van der Waals surface area contributed by atoms with Gasteiger partial charge in [0.2, 0.25) is 0 Å². The Morgan fingerprint density at radius 2 is 1.79 bits per heavy atom. The van der Waals surface area contributed by atoms with Crippen LogP contribution in [0.25, 0.3) is 16.8 Å². The van der Waals surface area contributed by atoms with Gasteiger partial charge in [-0.05, 0) is 45.6 Å². The number of benzene rings is 2. The standard InChI is InChI=1S/C19H13NO2S2/c21-18-17(11-15-8-4-10-23-15)24-19(22)20(18)12-14-7-3-6-13-5-1-2-9-16(13)14/h1-11H,12H2/b17-11-. The molecule has 0 unspecified atom stereocenters. The van der Waals surface area contributed by atoms with Crippen molar-refractivity contribution in [2.75, 3.05) is 0 Å². The van der Waals surface area contributed by atoms with Gasteiger partial charge in [-0.25, -0.2) is 0 Å². The normalized spacial score (nSPS) is 16.5. The zero-order chi connectivity index (χ0) is 16.5. The minimum atomic E-state index is -0.216. The third-order valence-electron chi connectivity index (χ3n) is 3.90. The highest BCUT2D eigenvalue weighted by molar-refractivity contribution is 8.18. The Bertz CT molecular complexity index is 955. The first-order valence-corrected chi connectivity index (χ1v) is 9.17. The number of hydrogen-bond acceptors (Lipinski definition) is 4. The van der Waals surface area contributed by atoms with Crippen molar-refractivity contribution in [3.8, 4) is 0 Å². The SMILES string of the molecule is O=C1S/C(=C\c2cccs2)C(=O)N1Cc1cccc2ccccc12. The monoisotopic (exact) mass is 351 g/mol. The summed E-state index contributed by atoms with van der Waals surface area (Å²) in [6.07, 6.45) is 1.79. The molecule has 0 bridgehead atoms. The van der Waals surface area contributed by atoms with E-state index in [0.29, 0.717) is 11.4 Å². The Hall–Kier alpha value is -2.37. The van der Waals surface area contributed by atoms with E-state index >= 15 is 0 Å². The highest BCUT2D eigenvalue weighted by Crippen LogP contribution is 2.34. The summed E-state index contributed by atoms with van der Waals surface area (Å²) < 4.78 is 0. The lowest BCUT2D eigenvalue weighted by molar-refractivity contribution is -0.123. The maximum Gasteiger partial charge on any atom is 0.293 e. The van der Waals surface area contributed by atoms with E-state index in [1.165, 1.54) is 4.90 Å². The number of rotatable bonds is 3. The summed E-state index contributed by atoms with van der Waals surface area (Å²) in [4.78, 5) is 27.7. The lowest BCUT2D eigenvalue weighted by Crippen LogP contribution is -2.27. The summed E-state index contributed by atoms with van der Waals surface area (Å²) >= 11 is 2.56. The molecule has 2 aromatic carbocycles. The molecule has 1 aromatic heterocycles. The second-order valence-corrected chi connectivity index (χ2v) is 7.39. The Balaban J connectivity index is 1.65. The van der Waals surface area contributed by atoms with Crippen molar-refractivity contribution in [3.05, 3.63) is 75.3 Å². The smallest absolute Gasteiger partial charge is 0.268 e. The molecule has 24 heavy (non-hydrogen) atoms. The van der Waals surface area contributed by atoms with Crippen molar-refractivity contribution in [1.29, 1.82) is 0 Å². The molecule has 0 aliphatic carbocycles. The summed E-state index contributed by atoms with van der Waals surface area (Å²) in [5.74, 6) is -0.216. The molecule has 3 aromatic rings. The minimum Gasteiger partial charge on any atom is -0.268 e. The summed E-state index contributed by atoms with van der Waals surface area (Å²) in [5.41, 5.74) is 0.979. The quantitative estimate of drug-likeness (QED) is 0.613. The van der Waals surface area contributed by atoms with Gasteiger partial charge in [-0.2, -0.15) is 0 Å². The van der Waals surface area contributed by atoms with Gasteiger partial charge in [0.1, 0.15) is 0 Å². The van der Waals surface area contributed by atoms with Crippen LogP contribution >= 0.6 is 23.1 Å². The van der Waals surface area contributed by atoms with Crippen LogP contribution in [-0.4, -0.2) is 16.0 Å². The first-order valence-electron chi connectivity index (χ1n) is 7.48. The summed E-state index contributed by atoms with van der Waals surface area (Å²) in [6, 6.07) is 17.8. The predicted molar refractivity (Wildman–Crippen MR) is 99.8 cm³/mol. The fourth-order valence-electron chi connectivity index (χ4n) is 2.74. The van der Waals surface area contributed by atoms with Crippen LogP contribution in [0, 0.1) is 0 Å². The number of thiophene rings is 1. The number of amides is 2. The van der Waals surface area contributed by atoms with Crippen molar-refractivity contribution in [1.82, 2.24) is 4.90 Å². The Morgan fingerprint density at radius 1 is 0.958 bits per heavy atom. The Kier molecular flexibility index (Phi) is 3.96. The molecule has 0 atom stereocenters. The number of thioether (sulfide) groups is 1. The average molecular weight is 351 g/mol. The number of carbonyl (C=O) groups excluding carboxylic acids is 2. The van der Waals surface area contributed by atoms with Crippen molar-refractivity contribution in [2.24, 2.45) is 0 Å². The van der Waals surface area contributed by atoms with Crippen LogP contribution in [0.3, 0.4) is 0 Å². The number of carbonyl (C=O) groups is 2. The summed E-state index contributed by atoms with van der Waals surface area (Å²) in [6.45, 7) is 0.299. The molecule has 2 heterocycles. The topological polar surface area (TPSA) is 37.4 Å². The van der Waals surface area contributed by atoms with Gasteiger partial charge in [0.25, 0.3) is 11.1 Å². The van der Waals surface area contributed by atoms with Crippen molar-refractivity contribution < 1.29 is 9.59 Å². The van der Waals surface area contributed by atoms with Gasteiger partial charge in [-0.1, -0.05) is 48.5 Å². The lowest BCUT2D eigenvalue weighted by Gasteiger charge is -2.14. The second-order valence-electron chi connectivity index (χ2n) is 5.42. The molecular formula is C19H13NO2S2. The highest BCUT2D eigenvalue weighted by atomic mass is 32.2. The molecule has 5 heteroatoms. The Morgan fingerprint density at radius 3 is 2.62 bits per heavy atom. The fraction of sp³-hybridized carbons (Fsp3) is 0.0526. The zero-order valence-electron chi connectivity index (χ0n) is 12.6. The maximum atomic E-state index is 12.6. The molecule has 1 fully saturated rings. The third-order valence-corrected chi connectivity index (χ3v) is 5.63. The molecule has 0 spiro atoms. The van der Waals surface area contributed by atoms with Crippen LogP contribution in [0.4, 0.5) is 4.79 Å². The lowest BCUT2D eigenvalue weighted by atomic mass is 10.0. The van der Waals surface area contributed by atoms with Crippen LogP contribution < -0.4 is 0 Å². The predicted octanol–water partition coefficient (Wildman–Crippen LogP) is 5.14. The van der Waals surface area contributed by atoms with Crippen molar-refractivity contribution in [3.63, 3.8) is 0 Å². The van der Waals surface area contributed by atoms with Gasteiger partial charge in [0.15, 0.2) is 0 Å². The maximum absolute atomic E-state index is 12.6. The average Bonchev–Trinajstić information content (AvgIpc) is 3.19. The molecule has 0 N–H and O–H groups in total. The summed E-state index contributed by atoms with van der Waals surface area (Å²) in [5, 5.41) is 3.92. The van der Waals surface area contributed by atoms with Gasteiger partial charge in [0, 0.05) is 4.88 Å². The fourth-order valence-corrected chi connectivity index (χ4v) is 4.30. The third kappa shape index (κ3) is 2.77. The number of fused-ring (bicyclic) bond motifs is 1. The van der Waals surface area contributed by atoms with Gasteiger partial charge in [-0.15, -0.1) is 11.3 Å². The minimum absolute atomic E-state index is 0.212. The van der Waals surface area contributed by atoms with Gasteiger partial charge < -0.3 is 0 Å². The van der Waals surface area contributed by atoms with Gasteiger partial charge in [0.05, 0.1) is 11.4 Å². The molecular weight excluding hydrogens is 338 g/mol. The summed E-state index contributed by atoms with van der Waals surface area (Å²) in [7, 11) is 0. The van der Waals surface area contributed by atoms with Crippen LogP contribution in [0.5, 0.6) is 0 Å². The van der Waals surface area contributed by atoms with E-state index in [0.717, 1.165) is 33.0 Å². The van der Waals surface area contributed by atoms with Gasteiger partial charge >= 0.3 is 0 Å². The molecule has 1 saturated heterocycles. The molecule has 3 nitrogen and oxygen atoms in total. The van der Waals surface area contributed by atoms with Crippen LogP contribution in [0.15, 0.2) is 64.9 Å². The van der Waals surface area contributed by atoms with E-state index in [9.17, 15) is 9.59 Å². The van der Waals surface area contributed by atoms with Crippen molar-refractivity contribution in [2.45, 2.75) is 6.54 Å².